The summed E-state index contributed by atoms with van der Waals surface area (Å²) in [7, 11) is 0. The van der Waals surface area contributed by atoms with E-state index in [1.165, 1.54) is 0 Å². The van der Waals surface area contributed by atoms with Gasteiger partial charge in [0.1, 0.15) is 0 Å². The van der Waals surface area contributed by atoms with Crippen LogP contribution >= 0.6 is 0 Å². The third-order valence-electron chi connectivity index (χ3n) is 0. The Morgan fingerprint density at radius 3 is 0.600 bits per heavy atom. The van der Waals surface area contributed by atoms with E-state index in [4.69, 9.17) is 0 Å². The van der Waals surface area contributed by atoms with Gasteiger partial charge in [0.2, 0.25) is 0 Å². The average molecular weight is 507 g/mol. The van der Waals surface area contributed by atoms with Gasteiger partial charge in [-0.3, -0.25) is 0 Å². The van der Waals surface area contributed by atoms with Crippen LogP contribution in [-0.4, -0.2) is 71.0 Å². The fourth-order valence-electron chi connectivity index (χ4n) is 0. The maximum absolute atomic E-state index is 0. The molecule has 0 saturated heterocycles. The van der Waals surface area contributed by atoms with Crippen molar-refractivity contribution in [2.75, 3.05) is 0 Å². The molecule has 4 heteroatoms. The van der Waals surface area contributed by atoms with Crippen LogP contribution < -0.4 is 0 Å². The van der Waals surface area contributed by atoms with Gasteiger partial charge in [-0.25, -0.2) is 0 Å². The second kappa shape index (κ2) is 26.6. The van der Waals surface area contributed by atoms with E-state index in [0.717, 1.165) is 0 Å². The Labute approximate surface area is 104 Å². The van der Waals surface area contributed by atoms with E-state index in [-0.39, 0.29) is 106 Å². The molecule has 0 aromatic carbocycles. The summed E-state index contributed by atoms with van der Waals surface area (Å²) in [5.41, 5.74) is 0. The van der Waals surface area contributed by atoms with E-state index >= 15 is 0 Å². The van der Waals surface area contributed by atoms with E-state index in [2.05, 4.69) is 0 Å². The molecular weight excluding hydrogens is 507 g/mol. The zero-order valence-corrected chi connectivity index (χ0v) is 13.5. The summed E-state index contributed by atoms with van der Waals surface area (Å²) in [6, 6.07) is 0. The van der Waals surface area contributed by atoms with E-state index < -0.39 is 0 Å². The minimum atomic E-state index is 0. The molecule has 0 nitrogen and oxygen atoms in total. The summed E-state index contributed by atoms with van der Waals surface area (Å²) in [4.78, 5) is 0. The molecule has 0 aromatic rings. The first-order valence-corrected chi connectivity index (χ1v) is 0. The van der Waals surface area contributed by atoms with Gasteiger partial charge in [-0.05, 0) is 0 Å². The molecule has 0 unspecified atom stereocenters. The van der Waals surface area contributed by atoms with Crippen LogP contribution in [0.3, 0.4) is 0 Å². The summed E-state index contributed by atoms with van der Waals surface area (Å²) in [6.45, 7) is 0. The Morgan fingerprint density at radius 1 is 0.600 bits per heavy atom. The van der Waals surface area contributed by atoms with E-state index in [1.807, 2.05) is 0 Å². The largest absolute Gasteiger partial charge is 4.00 e. The van der Waals surface area contributed by atoms with Gasteiger partial charge in [0.15, 0.2) is 0 Å². The van der Waals surface area contributed by atoms with Crippen LogP contribution in [0.1, 0.15) is 0 Å². The van der Waals surface area contributed by atoms with Crippen LogP contribution in [0.5, 0.6) is 0 Å². The van der Waals surface area contributed by atoms with Gasteiger partial charge in [-0.15, -0.1) is 0 Å². The summed E-state index contributed by atoms with van der Waals surface area (Å²) >= 11 is 0. The van der Waals surface area contributed by atoms with Gasteiger partial charge >= 0.3 is 34.7 Å². The Kier molecular flexibility index (Phi) is 217. The smallest absolute Gasteiger partial charge is 2.00 e. The molecule has 0 aliphatic heterocycles. The fourth-order valence-corrected chi connectivity index (χ4v) is 0. The number of rotatable bonds is 0. The molecule has 0 bridgehead atoms. The molecule has 24 valence electrons. The predicted molar refractivity (Wildman–Crippen MR) is 20.5 cm³/mol. The first-order chi connectivity index (χ1) is 0. The number of hydrogen-bond acceptors (Lipinski definition) is 0. The van der Waals surface area contributed by atoms with Crippen LogP contribution in [0.2, 0.25) is 0 Å². The second-order valence-corrected chi connectivity index (χ2v) is 0. The molecule has 0 saturated carbocycles. The van der Waals surface area contributed by atoms with Crippen molar-refractivity contribution in [2.45, 2.75) is 0 Å². The molecule has 0 atom stereocenters. The van der Waals surface area contributed by atoms with Gasteiger partial charge in [0.05, 0.1) is 0 Å². The van der Waals surface area contributed by atoms with Crippen molar-refractivity contribution in [3.05, 3.63) is 7.43 Å². The first kappa shape index (κ1) is 40.7. The average Bonchev–Trinajstić information content (AvgIpc) is 0. The van der Waals surface area contributed by atoms with Crippen molar-refractivity contribution in [1.82, 2.24) is 0 Å². The predicted octanol–water partition coefficient (Wildman–Crippen LogP) is -1.06. The zero-order valence-electron chi connectivity index (χ0n) is 2.43. The Hall–Kier alpha value is 3.29. The quantitative estimate of drug-likeness (QED) is 0.367. The molecule has 0 rings (SSSR count). The van der Waals surface area contributed by atoms with Crippen molar-refractivity contribution in [3.63, 3.8) is 0 Å². The van der Waals surface area contributed by atoms with Crippen molar-refractivity contribution < 1.29 is 27.3 Å². The summed E-state index contributed by atoms with van der Waals surface area (Å²) in [5, 5.41) is 0. The summed E-state index contributed by atoms with van der Waals surface area (Å²) < 4.78 is 0. The van der Waals surface area contributed by atoms with Gasteiger partial charge in [0.25, 0.3) is 0 Å². The third-order valence-corrected chi connectivity index (χ3v) is 0. The molecule has 0 amide bonds. The van der Waals surface area contributed by atoms with Crippen molar-refractivity contribution >= 4 is 71.0 Å². The van der Waals surface area contributed by atoms with Crippen LogP contribution in [0, 0.1) is 7.43 Å². The maximum Gasteiger partial charge on any atom is 4.00 e. The van der Waals surface area contributed by atoms with Crippen LogP contribution in [-0.2, 0) is 27.3 Å². The van der Waals surface area contributed by atoms with Crippen molar-refractivity contribution in [1.29, 1.82) is 0 Å². The van der Waals surface area contributed by atoms with E-state index in [9.17, 15) is 0 Å². The molecule has 0 spiro atoms. The van der Waals surface area contributed by atoms with Gasteiger partial charge < -0.3 is 71.0 Å². The summed E-state index contributed by atoms with van der Waals surface area (Å²) in [5.74, 6) is 0. The molecule has 0 aliphatic rings. The van der Waals surface area contributed by atoms with Gasteiger partial charge in [-0.1, -0.05) is 0 Å². The van der Waals surface area contributed by atoms with Crippen molar-refractivity contribution in [3.8, 4) is 0 Å². The minimum Gasteiger partial charge on any atom is -2.00 e. The molecule has 0 radical (unpaired) electrons. The molecule has 0 N–H and O–H groups in total. The monoisotopic (exact) mass is 516 g/mol. The minimum absolute atomic E-state index is 0. The number of hydrogen-bond donors (Lipinski definition) is 0. The Balaban J connectivity index is 0. The Bertz CT molecular complexity index is 6.85. The second-order valence-electron chi connectivity index (χ2n) is 0. The third kappa shape index (κ3) is 18.8. The first-order valence-electron chi connectivity index (χ1n) is 0. The fraction of sp³-hybridized carbons (Fsp3) is 0. The zero-order chi connectivity index (χ0) is 0. The van der Waals surface area contributed by atoms with Crippen LogP contribution in [0.4, 0.5) is 0 Å². The molecule has 0 aliphatic carbocycles. The van der Waals surface area contributed by atoms with Gasteiger partial charge in [0, 0.05) is 0 Å². The van der Waals surface area contributed by atoms with E-state index in [1.54, 1.807) is 0 Å². The topological polar surface area (TPSA) is 0 Å². The maximum atomic E-state index is 0. The molecule has 0 fully saturated rings. The van der Waals surface area contributed by atoms with E-state index in [0.29, 0.717) is 0 Å². The van der Waals surface area contributed by atoms with Gasteiger partial charge in [-0.2, -0.15) is 0 Å². The normalized spacial score (nSPS) is 0. The molecule has 0 heterocycles. The van der Waals surface area contributed by atoms with Crippen molar-refractivity contribution in [2.24, 2.45) is 0 Å². The standard InChI is InChI=1S/C.Cd.3Te/q+4;+2;3*-2. The molecular formula is CCdTe3. The SMILES string of the molecule is [C+4].[Cd+2].[Te-2].[Te-2].[Te-2]. The molecule has 5 heavy (non-hydrogen) atoms. The van der Waals surface area contributed by atoms with Crippen LogP contribution in [0.15, 0.2) is 0 Å². The Morgan fingerprint density at radius 2 is 0.600 bits per heavy atom. The van der Waals surface area contributed by atoms with Crippen LogP contribution in [0.25, 0.3) is 0 Å². The summed E-state index contributed by atoms with van der Waals surface area (Å²) in [6.07, 6.45) is 0. The molecule has 0 aromatic heterocycles.